The van der Waals surface area contributed by atoms with Crippen LogP contribution in [-0.4, -0.2) is 13.3 Å². The van der Waals surface area contributed by atoms with Gasteiger partial charge >= 0.3 is 0 Å². The highest BCUT2D eigenvalue weighted by Crippen LogP contribution is 2.28. The van der Waals surface area contributed by atoms with Crippen molar-refractivity contribution in [1.82, 2.24) is 0 Å². The highest BCUT2D eigenvalue weighted by atomic mass is 32.2. The summed E-state index contributed by atoms with van der Waals surface area (Å²) < 4.78 is 27.4. The molecular formula is C17H14N2O4S. The Hall–Kier alpha value is -2.93. The normalized spacial score (nSPS) is 11.4. The Morgan fingerprint density at radius 2 is 1.67 bits per heavy atom. The fourth-order valence-electron chi connectivity index (χ4n) is 2.42. The maximum Gasteiger partial charge on any atom is 0.293 e. The monoisotopic (exact) mass is 342 g/mol. The number of hydrogen-bond donors (Lipinski definition) is 1. The zero-order valence-electron chi connectivity index (χ0n) is 12.8. The van der Waals surface area contributed by atoms with Gasteiger partial charge in [-0.15, -0.1) is 0 Å². The molecule has 0 bridgehead atoms. The molecule has 0 saturated heterocycles. The SMILES string of the molecule is Cc1ccc(NS(=O)(=O)c2ccc3ccccc3c2)c([N+](=O)[O-])c1. The number of nitrogens with one attached hydrogen (secondary N) is 1. The fourth-order valence-corrected chi connectivity index (χ4v) is 3.53. The van der Waals surface area contributed by atoms with Gasteiger partial charge in [0.2, 0.25) is 0 Å². The molecular weight excluding hydrogens is 328 g/mol. The van der Waals surface area contributed by atoms with Gasteiger partial charge in [0.15, 0.2) is 0 Å². The van der Waals surface area contributed by atoms with E-state index in [1.165, 1.54) is 24.3 Å². The number of aryl methyl sites for hydroxylation is 1. The molecule has 0 aromatic heterocycles. The lowest BCUT2D eigenvalue weighted by molar-refractivity contribution is -0.383. The highest BCUT2D eigenvalue weighted by Gasteiger charge is 2.21. The lowest BCUT2D eigenvalue weighted by Crippen LogP contribution is -2.14. The molecule has 0 radical (unpaired) electrons. The van der Waals surface area contributed by atoms with Gasteiger partial charge in [-0.05, 0) is 41.5 Å². The van der Waals surface area contributed by atoms with Gasteiger partial charge in [0.1, 0.15) is 5.69 Å². The van der Waals surface area contributed by atoms with Gasteiger partial charge in [0, 0.05) is 6.07 Å². The van der Waals surface area contributed by atoms with Crippen LogP contribution in [0.1, 0.15) is 5.56 Å². The number of anilines is 1. The van der Waals surface area contributed by atoms with E-state index in [1.54, 1.807) is 19.1 Å². The summed E-state index contributed by atoms with van der Waals surface area (Å²) in [5.74, 6) is 0. The molecule has 6 nitrogen and oxygen atoms in total. The zero-order chi connectivity index (χ0) is 17.3. The molecule has 0 unspecified atom stereocenters. The maximum atomic E-state index is 12.6. The van der Waals surface area contributed by atoms with Crippen molar-refractivity contribution in [2.75, 3.05) is 4.72 Å². The van der Waals surface area contributed by atoms with E-state index in [4.69, 9.17) is 0 Å². The molecule has 0 saturated carbocycles. The quantitative estimate of drug-likeness (QED) is 0.576. The third kappa shape index (κ3) is 3.07. The second-order valence-electron chi connectivity index (χ2n) is 5.39. The first-order valence-electron chi connectivity index (χ1n) is 7.13. The fraction of sp³-hybridized carbons (Fsp3) is 0.0588. The smallest absolute Gasteiger partial charge is 0.273 e. The molecule has 122 valence electrons. The summed E-state index contributed by atoms with van der Waals surface area (Å²) in [5.41, 5.74) is 0.341. The second-order valence-corrected chi connectivity index (χ2v) is 7.07. The summed E-state index contributed by atoms with van der Waals surface area (Å²) in [7, 11) is -3.93. The second kappa shape index (κ2) is 5.93. The first-order chi connectivity index (χ1) is 11.4. The number of nitro groups is 1. The molecule has 0 atom stereocenters. The summed E-state index contributed by atoms with van der Waals surface area (Å²) in [6.07, 6.45) is 0. The summed E-state index contributed by atoms with van der Waals surface area (Å²) in [4.78, 5) is 10.6. The van der Waals surface area contributed by atoms with Gasteiger partial charge in [-0.3, -0.25) is 14.8 Å². The van der Waals surface area contributed by atoms with Crippen molar-refractivity contribution in [2.24, 2.45) is 0 Å². The number of hydrogen-bond acceptors (Lipinski definition) is 4. The summed E-state index contributed by atoms with van der Waals surface area (Å²) in [5, 5.41) is 12.8. The van der Waals surface area contributed by atoms with Crippen LogP contribution in [0.15, 0.2) is 65.6 Å². The van der Waals surface area contributed by atoms with Crippen molar-refractivity contribution in [3.63, 3.8) is 0 Å². The largest absolute Gasteiger partial charge is 0.293 e. The number of rotatable bonds is 4. The lowest BCUT2D eigenvalue weighted by Gasteiger charge is -2.10. The average Bonchev–Trinajstić information content (AvgIpc) is 2.55. The van der Waals surface area contributed by atoms with Crippen LogP contribution < -0.4 is 4.72 Å². The van der Waals surface area contributed by atoms with Crippen molar-refractivity contribution in [2.45, 2.75) is 11.8 Å². The van der Waals surface area contributed by atoms with E-state index in [2.05, 4.69) is 4.72 Å². The molecule has 0 amide bonds. The highest BCUT2D eigenvalue weighted by molar-refractivity contribution is 7.92. The Bertz CT molecular complexity index is 1050. The summed E-state index contributed by atoms with van der Waals surface area (Å²) in [6.45, 7) is 1.70. The summed E-state index contributed by atoms with van der Waals surface area (Å²) >= 11 is 0. The van der Waals surface area contributed by atoms with Gasteiger partial charge < -0.3 is 0 Å². The third-order valence-corrected chi connectivity index (χ3v) is 4.99. The van der Waals surface area contributed by atoms with E-state index in [0.717, 1.165) is 10.8 Å². The van der Waals surface area contributed by atoms with Crippen LogP contribution in [0.3, 0.4) is 0 Å². The van der Waals surface area contributed by atoms with Crippen LogP contribution >= 0.6 is 0 Å². The van der Waals surface area contributed by atoms with Gasteiger partial charge in [-0.2, -0.15) is 0 Å². The molecule has 7 heteroatoms. The molecule has 0 fully saturated rings. The van der Waals surface area contributed by atoms with Crippen molar-refractivity contribution in [1.29, 1.82) is 0 Å². The number of benzene rings is 3. The predicted molar refractivity (Wildman–Crippen MR) is 92.6 cm³/mol. The van der Waals surface area contributed by atoms with Crippen LogP contribution in [0.4, 0.5) is 11.4 Å². The first kappa shape index (κ1) is 15.9. The van der Waals surface area contributed by atoms with Crippen LogP contribution in [-0.2, 0) is 10.0 Å². The van der Waals surface area contributed by atoms with Crippen LogP contribution in [0, 0.1) is 17.0 Å². The van der Waals surface area contributed by atoms with Crippen LogP contribution in [0.5, 0.6) is 0 Å². The number of nitro benzene ring substituents is 1. The number of fused-ring (bicyclic) bond motifs is 1. The molecule has 1 N–H and O–H groups in total. The van der Waals surface area contributed by atoms with Crippen molar-refractivity contribution in [3.8, 4) is 0 Å². The van der Waals surface area contributed by atoms with Gasteiger partial charge in [0.25, 0.3) is 15.7 Å². The lowest BCUT2D eigenvalue weighted by atomic mass is 10.1. The molecule has 24 heavy (non-hydrogen) atoms. The standard InChI is InChI=1S/C17H14N2O4S/c1-12-6-9-16(17(10-12)19(20)21)18-24(22,23)15-8-7-13-4-2-3-5-14(13)11-15/h2-11,18H,1H3. The Morgan fingerprint density at radius 1 is 0.958 bits per heavy atom. The van der Waals surface area contributed by atoms with Crippen LogP contribution in [0.2, 0.25) is 0 Å². The van der Waals surface area contributed by atoms with E-state index in [9.17, 15) is 18.5 Å². The van der Waals surface area contributed by atoms with Gasteiger partial charge in [-0.25, -0.2) is 8.42 Å². The summed E-state index contributed by atoms with van der Waals surface area (Å²) in [6, 6.07) is 16.4. The van der Waals surface area contributed by atoms with Gasteiger partial charge in [-0.1, -0.05) is 36.4 Å². The van der Waals surface area contributed by atoms with E-state index in [-0.39, 0.29) is 16.3 Å². The van der Waals surface area contributed by atoms with Crippen molar-refractivity contribution < 1.29 is 13.3 Å². The number of sulfonamides is 1. The topological polar surface area (TPSA) is 89.3 Å². The van der Waals surface area contributed by atoms with Crippen LogP contribution in [0.25, 0.3) is 10.8 Å². The third-order valence-electron chi connectivity index (χ3n) is 3.63. The van der Waals surface area contributed by atoms with Crippen molar-refractivity contribution >= 4 is 32.2 Å². The average molecular weight is 342 g/mol. The molecule has 3 aromatic carbocycles. The zero-order valence-corrected chi connectivity index (χ0v) is 13.6. The van der Waals surface area contributed by atoms with E-state index < -0.39 is 14.9 Å². The molecule has 0 spiro atoms. The van der Waals surface area contributed by atoms with E-state index >= 15 is 0 Å². The molecule has 0 heterocycles. The minimum atomic E-state index is -3.93. The molecule has 3 aromatic rings. The molecule has 3 rings (SSSR count). The Kier molecular flexibility index (Phi) is 3.94. The first-order valence-corrected chi connectivity index (χ1v) is 8.62. The Morgan fingerprint density at radius 3 is 2.38 bits per heavy atom. The van der Waals surface area contributed by atoms with E-state index in [1.807, 2.05) is 24.3 Å². The van der Waals surface area contributed by atoms with E-state index in [0.29, 0.717) is 5.56 Å². The molecule has 0 aliphatic heterocycles. The minimum absolute atomic E-state index is 0.0519. The maximum absolute atomic E-state index is 12.6. The minimum Gasteiger partial charge on any atom is -0.273 e. The van der Waals surface area contributed by atoms with Gasteiger partial charge in [0.05, 0.1) is 9.82 Å². The Balaban J connectivity index is 2.03. The predicted octanol–water partition coefficient (Wildman–Crippen LogP) is 3.86. The van der Waals surface area contributed by atoms with Crippen molar-refractivity contribution in [3.05, 3.63) is 76.3 Å². The Labute approximate surface area is 138 Å². The molecule has 0 aliphatic rings. The number of nitrogens with zero attached hydrogens (tertiary/aromatic N) is 1. The molecule has 0 aliphatic carbocycles.